The number of benzene rings is 1. The van der Waals surface area contributed by atoms with Gasteiger partial charge in [-0.05, 0) is 24.3 Å². The number of nitrogens with zero attached hydrogens (tertiary/aromatic N) is 3. The van der Waals surface area contributed by atoms with Gasteiger partial charge in [-0.2, -0.15) is 4.98 Å². The number of rotatable bonds is 5. The largest absolute Gasteiger partial charge is 0.339 e. The minimum absolute atomic E-state index is 0.128. The molecule has 2 aromatic rings. The van der Waals surface area contributed by atoms with Crippen LogP contribution in [0.1, 0.15) is 24.1 Å². The lowest BCUT2D eigenvalue weighted by Crippen LogP contribution is -2.15. The van der Waals surface area contributed by atoms with Gasteiger partial charge < -0.3 is 9.84 Å². The first kappa shape index (κ1) is 14.1. The molecule has 0 bridgehead atoms. The highest BCUT2D eigenvalue weighted by Gasteiger charge is 2.53. The lowest BCUT2D eigenvalue weighted by molar-refractivity contribution is -0.496. The van der Waals surface area contributed by atoms with Crippen LogP contribution in [0.25, 0.3) is 0 Å². The average molecular weight is 306 g/mol. The van der Waals surface area contributed by atoms with Gasteiger partial charge >= 0.3 is 0 Å². The summed E-state index contributed by atoms with van der Waals surface area (Å²) >= 11 is 0. The fourth-order valence-electron chi connectivity index (χ4n) is 2.05. The average Bonchev–Trinajstić information content (AvgIpc) is 3.15. The van der Waals surface area contributed by atoms with E-state index >= 15 is 0 Å². The SMILES string of the molecule is O=C(Cc1noc([C@H]2C[C@H]2[N+](=O)[O-])n1)Nc1ccc(F)cc1. The zero-order chi connectivity index (χ0) is 15.7. The molecule has 0 spiro atoms. The Morgan fingerprint density at radius 3 is 2.82 bits per heavy atom. The third-order valence-electron chi connectivity index (χ3n) is 3.28. The van der Waals surface area contributed by atoms with Crippen molar-refractivity contribution in [3.05, 3.63) is 51.9 Å². The van der Waals surface area contributed by atoms with Crippen LogP contribution in [0.3, 0.4) is 0 Å². The molecule has 1 N–H and O–H groups in total. The summed E-state index contributed by atoms with van der Waals surface area (Å²) in [5.41, 5.74) is 0.450. The summed E-state index contributed by atoms with van der Waals surface area (Å²) in [5, 5.41) is 16.8. The van der Waals surface area contributed by atoms with Gasteiger partial charge in [-0.3, -0.25) is 14.9 Å². The van der Waals surface area contributed by atoms with Crippen LogP contribution in [0.5, 0.6) is 0 Å². The van der Waals surface area contributed by atoms with Crippen LogP contribution in [-0.2, 0) is 11.2 Å². The lowest BCUT2D eigenvalue weighted by Gasteiger charge is -2.02. The van der Waals surface area contributed by atoms with E-state index in [1.807, 2.05) is 0 Å². The summed E-state index contributed by atoms with van der Waals surface area (Å²) in [4.78, 5) is 26.0. The van der Waals surface area contributed by atoms with Crippen LogP contribution in [0.15, 0.2) is 28.8 Å². The van der Waals surface area contributed by atoms with E-state index in [9.17, 15) is 19.3 Å². The first-order chi connectivity index (χ1) is 10.5. The summed E-state index contributed by atoms with van der Waals surface area (Å²) < 4.78 is 17.7. The summed E-state index contributed by atoms with van der Waals surface area (Å²) in [7, 11) is 0. The molecule has 8 nitrogen and oxygen atoms in total. The van der Waals surface area contributed by atoms with E-state index in [4.69, 9.17) is 4.52 Å². The molecule has 114 valence electrons. The molecule has 1 aromatic carbocycles. The Bertz CT molecular complexity index is 715. The first-order valence-electron chi connectivity index (χ1n) is 6.54. The van der Waals surface area contributed by atoms with Crippen molar-refractivity contribution in [2.75, 3.05) is 5.32 Å². The zero-order valence-electron chi connectivity index (χ0n) is 11.2. The van der Waals surface area contributed by atoms with Crippen LogP contribution in [0, 0.1) is 15.9 Å². The Kier molecular flexibility index (Phi) is 3.53. The predicted molar refractivity (Wildman–Crippen MR) is 71.2 cm³/mol. The Balaban J connectivity index is 1.57. The van der Waals surface area contributed by atoms with Crippen molar-refractivity contribution in [3.63, 3.8) is 0 Å². The summed E-state index contributed by atoms with van der Waals surface area (Å²) in [6.07, 6.45) is 0.243. The van der Waals surface area contributed by atoms with E-state index in [1.54, 1.807) is 0 Å². The monoisotopic (exact) mass is 306 g/mol. The molecular weight excluding hydrogens is 295 g/mol. The molecule has 1 aliphatic rings. The number of nitro groups is 1. The highest BCUT2D eigenvalue weighted by Crippen LogP contribution is 2.41. The van der Waals surface area contributed by atoms with E-state index in [0.29, 0.717) is 12.1 Å². The van der Waals surface area contributed by atoms with Gasteiger partial charge in [-0.1, -0.05) is 5.16 Å². The molecule has 1 aliphatic carbocycles. The maximum Gasteiger partial charge on any atom is 0.236 e. The van der Waals surface area contributed by atoms with E-state index in [2.05, 4.69) is 15.5 Å². The van der Waals surface area contributed by atoms with Gasteiger partial charge in [0.15, 0.2) is 5.82 Å². The maximum atomic E-state index is 12.8. The Labute approximate surface area is 123 Å². The molecular formula is C13H11FN4O4. The molecule has 0 radical (unpaired) electrons. The Hall–Kier alpha value is -2.84. The number of anilines is 1. The molecule has 2 atom stereocenters. The minimum atomic E-state index is -0.679. The second kappa shape index (κ2) is 5.51. The number of halogens is 1. The fourth-order valence-corrected chi connectivity index (χ4v) is 2.05. The summed E-state index contributed by atoms with van der Waals surface area (Å²) in [6, 6.07) is 4.64. The topological polar surface area (TPSA) is 111 Å². The van der Waals surface area contributed by atoms with Gasteiger partial charge in [0.2, 0.25) is 17.8 Å². The van der Waals surface area contributed by atoms with Crippen molar-refractivity contribution >= 4 is 11.6 Å². The number of hydrogen-bond acceptors (Lipinski definition) is 6. The summed E-state index contributed by atoms with van der Waals surface area (Å²) in [6.45, 7) is 0. The number of carbonyl (C=O) groups excluding carboxylic acids is 1. The molecule has 3 rings (SSSR count). The third kappa shape index (κ3) is 3.08. The Morgan fingerprint density at radius 1 is 1.45 bits per heavy atom. The predicted octanol–water partition coefficient (Wildman–Crippen LogP) is 1.52. The highest BCUT2D eigenvalue weighted by molar-refractivity contribution is 5.91. The van der Waals surface area contributed by atoms with E-state index in [0.717, 1.165) is 0 Å². The smallest absolute Gasteiger partial charge is 0.236 e. The highest BCUT2D eigenvalue weighted by atomic mass is 19.1. The maximum absolute atomic E-state index is 12.8. The zero-order valence-corrected chi connectivity index (χ0v) is 11.2. The van der Waals surface area contributed by atoms with Gasteiger partial charge in [0, 0.05) is 17.0 Å². The van der Waals surface area contributed by atoms with Crippen LogP contribution in [0.2, 0.25) is 0 Å². The number of aromatic nitrogens is 2. The standard InChI is InChI=1S/C13H11FN4O4/c14-7-1-3-8(4-2-7)15-12(19)6-11-16-13(22-17-11)9-5-10(9)18(20)21/h1-4,9-10H,5-6H2,(H,15,19)/t9-,10+/m0/s1. The van der Waals surface area contributed by atoms with Gasteiger partial charge in [0.1, 0.15) is 11.7 Å². The number of amides is 1. The van der Waals surface area contributed by atoms with E-state index < -0.39 is 11.9 Å². The third-order valence-corrected chi connectivity index (χ3v) is 3.28. The van der Waals surface area contributed by atoms with Crippen molar-refractivity contribution in [3.8, 4) is 0 Å². The number of hydrogen-bond donors (Lipinski definition) is 1. The van der Waals surface area contributed by atoms with Crippen LogP contribution >= 0.6 is 0 Å². The molecule has 0 aliphatic heterocycles. The second-order valence-electron chi connectivity index (χ2n) is 4.98. The normalized spacial score (nSPS) is 19.7. The second-order valence-corrected chi connectivity index (χ2v) is 4.98. The van der Waals surface area contributed by atoms with Crippen LogP contribution in [0.4, 0.5) is 10.1 Å². The molecule has 1 amide bonds. The first-order valence-corrected chi connectivity index (χ1v) is 6.54. The molecule has 0 saturated heterocycles. The van der Waals surface area contributed by atoms with Gasteiger partial charge in [-0.15, -0.1) is 0 Å². The van der Waals surface area contributed by atoms with E-state index in [1.165, 1.54) is 24.3 Å². The molecule has 1 saturated carbocycles. The van der Waals surface area contributed by atoms with Crippen molar-refractivity contribution < 1.29 is 18.6 Å². The molecule has 9 heteroatoms. The molecule has 0 unspecified atom stereocenters. The summed E-state index contributed by atoms with van der Waals surface area (Å²) in [5.74, 6) is -0.808. The molecule has 1 aromatic heterocycles. The van der Waals surface area contributed by atoms with Gasteiger partial charge in [0.25, 0.3) is 0 Å². The van der Waals surface area contributed by atoms with Crippen molar-refractivity contribution in [1.82, 2.24) is 10.1 Å². The van der Waals surface area contributed by atoms with Crippen LogP contribution < -0.4 is 5.32 Å². The molecule has 1 fully saturated rings. The molecule has 22 heavy (non-hydrogen) atoms. The van der Waals surface area contributed by atoms with Crippen molar-refractivity contribution in [2.45, 2.75) is 24.8 Å². The quantitative estimate of drug-likeness (QED) is 0.662. The number of nitrogens with one attached hydrogen (secondary N) is 1. The van der Waals surface area contributed by atoms with Crippen LogP contribution in [-0.4, -0.2) is 27.0 Å². The fraction of sp³-hybridized carbons (Fsp3) is 0.308. The van der Waals surface area contributed by atoms with Crippen molar-refractivity contribution in [2.24, 2.45) is 0 Å². The van der Waals surface area contributed by atoms with Gasteiger partial charge in [-0.25, -0.2) is 4.39 Å². The van der Waals surface area contributed by atoms with Gasteiger partial charge in [0.05, 0.1) is 6.42 Å². The lowest BCUT2D eigenvalue weighted by atomic mass is 10.3. The number of carbonyl (C=O) groups is 1. The minimum Gasteiger partial charge on any atom is -0.339 e. The Morgan fingerprint density at radius 2 is 2.18 bits per heavy atom. The molecule has 1 heterocycles. The van der Waals surface area contributed by atoms with Crippen molar-refractivity contribution in [1.29, 1.82) is 0 Å². The van der Waals surface area contributed by atoms with E-state index in [-0.39, 0.29) is 34.9 Å².